The maximum atomic E-state index is 10.5. The Kier molecular flexibility index (Phi) is 3.48. The van der Waals surface area contributed by atoms with Crippen molar-refractivity contribution in [3.8, 4) is 0 Å². The van der Waals surface area contributed by atoms with Gasteiger partial charge in [0, 0.05) is 5.92 Å². The second-order valence-electron chi connectivity index (χ2n) is 4.82. The van der Waals surface area contributed by atoms with Crippen LogP contribution in [0, 0.1) is 11.8 Å². The van der Waals surface area contributed by atoms with Crippen molar-refractivity contribution in [3.05, 3.63) is 11.6 Å². The Balaban J connectivity index is 2.35. The molecule has 14 heavy (non-hydrogen) atoms. The van der Waals surface area contributed by atoms with E-state index in [1.165, 1.54) is 5.57 Å². The molecule has 0 aromatic rings. The highest BCUT2D eigenvalue weighted by molar-refractivity contribution is 5.58. The van der Waals surface area contributed by atoms with Gasteiger partial charge in [-0.1, -0.05) is 11.6 Å². The zero-order valence-electron chi connectivity index (χ0n) is 9.29. The van der Waals surface area contributed by atoms with Crippen LogP contribution in [-0.4, -0.2) is 17.0 Å². The van der Waals surface area contributed by atoms with Crippen molar-refractivity contribution in [1.82, 2.24) is 0 Å². The molecule has 3 atom stereocenters. The van der Waals surface area contributed by atoms with Crippen molar-refractivity contribution in [1.29, 1.82) is 0 Å². The van der Waals surface area contributed by atoms with Crippen molar-refractivity contribution in [2.45, 2.75) is 45.6 Å². The Bertz CT molecular complexity index is 237. The van der Waals surface area contributed by atoms with Gasteiger partial charge in [-0.15, -0.1) is 0 Å². The van der Waals surface area contributed by atoms with Crippen molar-refractivity contribution in [3.63, 3.8) is 0 Å². The first-order valence-electron chi connectivity index (χ1n) is 5.28. The van der Waals surface area contributed by atoms with E-state index < -0.39 is 5.60 Å². The summed E-state index contributed by atoms with van der Waals surface area (Å²) in [5.41, 5.74) is 0.626. The molecule has 0 bridgehead atoms. The fourth-order valence-electron chi connectivity index (χ4n) is 1.92. The van der Waals surface area contributed by atoms with Crippen LogP contribution in [0.15, 0.2) is 11.6 Å². The number of aliphatic hydroxyl groups is 1. The molecule has 0 radical (unpaired) electrons. The van der Waals surface area contributed by atoms with Crippen molar-refractivity contribution in [2.24, 2.45) is 11.8 Å². The Morgan fingerprint density at radius 3 is 2.64 bits per heavy atom. The summed E-state index contributed by atoms with van der Waals surface area (Å²) < 4.78 is 0. The molecular formula is C12H20O2. The molecule has 1 rings (SSSR count). The molecule has 0 aromatic carbocycles. The van der Waals surface area contributed by atoms with E-state index >= 15 is 0 Å². The average Bonchev–Trinajstić information content (AvgIpc) is 2.81. The highest BCUT2D eigenvalue weighted by Crippen LogP contribution is 2.46. The second-order valence-corrected chi connectivity index (χ2v) is 4.82. The minimum absolute atomic E-state index is 0.108. The molecule has 1 aliphatic rings. The normalized spacial score (nSPS) is 29.1. The van der Waals surface area contributed by atoms with Crippen LogP contribution in [0.4, 0.5) is 0 Å². The van der Waals surface area contributed by atoms with Crippen LogP contribution in [0.2, 0.25) is 0 Å². The van der Waals surface area contributed by atoms with Crippen molar-refractivity contribution in [2.75, 3.05) is 0 Å². The molecule has 2 heteroatoms. The number of aldehydes is 1. The minimum Gasteiger partial charge on any atom is -0.390 e. The van der Waals surface area contributed by atoms with Gasteiger partial charge in [-0.25, -0.2) is 0 Å². The van der Waals surface area contributed by atoms with E-state index in [2.05, 4.69) is 19.9 Å². The summed E-state index contributed by atoms with van der Waals surface area (Å²) in [4.78, 5) is 10.5. The van der Waals surface area contributed by atoms with Gasteiger partial charge in [-0.2, -0.15) is 0 Å². The van der Waals surface area contributed by atoms with Crippen LogP contribution in [-0.2, 0) is 4.79 Å². The van der Waals surface area contributed by atoms with E-state index in [0.717, 1.165) is 25.5 Å². The monoisotopic (exact) mass is 196 g/mol. The highest BCUT2D eigenvalue weighted by atomic mass is 16.3. The first-order valence-corrected chi connectivity index (χ1v) is 5.28. The first kappa shape index (κ1) is 11.4. The molecule has 1 aliphatic carbocycles. The third-order valence-corrected chi connectivity index (χ3v) is 3.02. The topological polar surface area (TPSA) is 37.3 Å². The summed E-state index contributed by atoms with van der Waals surface area (Å²) in [6, 6.07) is 0. The Morgan fingerprint density at radius 2 is 2.21 bits per heavy atom. The van der Waals surface area contributed by atoms with Crippen LogP contribution >= 0.6 is 0 Å². The lowest BCUT2D eigenvalue weighted by molar-refractivity contribution is -0.110. The van der Waals surface area contributed by atoms with Gasteiger partial charge in [0.15, 0.2) is 0 Å². The second kappa shape index (κ2) is 4.26. The predicted octanol–water partition coefficient (Wildman–Crippen LogP) is 2.32. The summed E-state index contributed by atoms with van der Waals surface area (Å²) in [7, 11) is 0. The number of hydrogen-bond donors (Lipinski definition) is 1. The standard InChI is InChI=1S/C12H20O2/c1-9(2)5-4-6-12(3,14)11-7-10(11)8-13/h5,8,10-11,14H,4,6-7H2,1-3H3/t10?,11-,12-/m0/s1. The summed E-state index contributed by atoms with van der Waals surface area (Å²) in [6.45, 7) is 5.96. The number of carbonyl (C=O) groups excluding carboxylic acids is 1. The zero-order chi connectivity index (χ0) is 10.8. The maximum Gasteiger partial charge on any atom is 0.123 e. The fraction of sp³-hybridized carbons (Fsp3) is 0.750. The first-order chi connectivity index (χ1) is 6.47. The molecule has 1 unspecified atom stereocenters. The van der Waals surface area contributed by atoms with E-state index in [0.29, 0.717) is 0 Å². The predicted molar refractivity (Wildman–Crippen MR) is 56.9 cm³/mol. The Morgan fingerprint density at radius 1 is 1.57 bits per heavy atom. The third-order valence-electron chi connectivity index (χ3n) is 3.02. The van der Waals surface area contributed by atoms with Gasteiger partial charge in [0.05, 0.1) is 5.60 Å². The lowest BCUT2D eigenvalue weighted by atomic mass is 9.93. The third kappa shape index (κ3) is 2.95. The van der Waals surface area contributed by atoms with E-state index in [-0.39, 0.29) is 11.8 Å². The van der Waals surface area contributed by atoms with Crippen molar-refractivity contribution < 1.29 is 9.90 Å². The molecule has 0 aliphatic heterocycles. The largest absolute Gasteiger partial charge is 0.390 e. The molecule has 1 fully saturated rings. The van der Waals surface area contributed by atoms with Crippen LogP contribution in [0.5, 0.6) is 0 Å². The summed E-state index contributed by atoms with van der Waals surface area (Å²) in [5.74, 6) is 0.308. The maximum absolute atomic E-state index is 10.5. The van der Waals surface area contributed by atoms with Gasteiger partial charge in [-0.3, -0.25) is 0 Å². The molecule has 1 saturated carbocycles. The van der Waals surface area contributed by atoms with Gasteiger partial charge in [0.25, 0.3) is 0 Å². The minimum atomic E-state index is -0.655. The Labute approximate surface area is 86.0 Å². The van der Waals surface area contributed by atoms with Crippen LogP contribution < -0.4 is 0 Å². The summed E-state index contributed by atoms with van der Waals surface area (Å²) >= 11 is 0. The summed E-state index contributed by atoms with van der Waals surface area (Å²) in [6.07, 6.45) is 5.63. The lowest BCUT2D eigenvalue weighted by Gasteiger charge is -2.22. The smallest absolute Gasteiger partial charge is 0.123 e. The number of hydrogen-bond acceptors (Lipinski definition) is 2. The molecule has 0 saturated heterocycles. The quantitative estimate of drug-likeness (QED) is 0.541. The van der Waals surface area contributed by atoms with Gasteiger partial charge < -0.3 is 9.90 Å². The SMILES string of the molecule is CC(C)=CCC[C@](C)(O)[C@H]1CC1C=O. The Hall–Kier alpha value is -0.630. The highest BCUT2D eigenvalue weighted by Gasteiger charge is 2.48. The number of allylic oxidation sites excluding steroid dienone is 2. The van der Waals surface area contributed by atoms with Crippen molar-refractivity contribution >= 4 is 6.29 Å². The van der Waals surface area contributed by atoms with Gasteiger partial charge in [-0.05, 0) is 46.0 Å². The molecule has 0 heterocycles. The molecular weight excluding hydrogens is 176 g/mol. The van der Waals surface area contributed by atoms with Crippen LogP contribution in [0.25, 0.3) is 0 Å². The average molecular weight is 196 g/mol. The molecule has 2 nitrogen and oxygen atoms in total. The van der Waals surface area contributed by atoms with E-state index in [1.54, 1.807) is 0 Å². The molecule has 0 amide bonds. The lowest BCUT2D eigenvalue weighted by Crippen LogP contribution is -2.27. The molecule has 1 N–H and O–H groups in total. The van der Waals surface area contributed by atoms with Gasteiger partial charge in [0.1, 0.15) is 6.29 Å². The number of carbonyl (C=O) groups is 1. The summed E-state index contributed by atoms with van der Waals surface area (Å²) in [5, 5.41) is 10.1. The van der Waals surface area contributed by atoms with Crippen LogP contribution in [0.1, 0.15) is 40.0 Å². The van der Waals surface area contributed by atoms with E-state index in [9.17, 15) is 9.90 Å². The number of rotatable bonds is 5. The van der Waals surface area contributed by atoms with Gasteiger partial charge in [0.2, 0.25) is 0 Å². The fourth-order valence-corrected chi connectivity index (χ4v) is 1.92. The van der Waals surface area contributed by atoms with Gasteiger partial charge >= 0.3 is 0 Å². The molecule has 80 valence electrons. The van der Waals surface area contributed by atoms with E-state index in [4.69, 9.17) is 0 Å². The zero-order valence-corrected chi connectivity index (χ0v) is 9.29. The van der Waals surface area contributed by atoms with Crippen LogP contribution in [0.3, 0.4) is 0 Å². The molecule has 0 aromatic heterocycles. The van der Waals surface area contributed by atoms with E-state index in [1.807, 2.05) is 6.92 Å². The molecule has 0 spiro atoms.